The van der Waals surface area contributed by atoms with E-state index in [1.54, 1.807) is 6.92 Å². The number of ether oxygens (including phenoxy) is 2. The Morgan fingerprint density at radius 2 is 1.96 bits per heavy atom. The Morgan fingerprint density at radius 1 is 1.23 bits per heavy atom. The maximum absolute atomic E-state index is 12.3. The molecule has 1 unspecified atom stereocenters. The quantitative estimate of drug-likeness (QED) is 0.690. The van der Waals surface area contributed by atoms with E-state index in [0.717, 1.165) is 44.3 Å². The minimum atomic E-state index is -0.370. The number of benzene rings is 1. The summed E-state index contributed by atoms with van der Waals surface area (Å²) in [4.78, 5) is 23.6. The van der Waals surface area contributed by atoms with Crippen molar-refractivity contribution in [1.29, 1.82) is 0 Å². The maximum atomic E-state index is 12.3. The van der Waals surface area contributed by atoms with Gasteiger partial charge in [0.15, 0.2) is 6.61 Å². The normalized spacial score (nSPS) is 20.4. The molecule has 1 spiro atoms. The number of carbonyl (C=O) groups is 2. The standard InChI is InChI=1S/C20H28N2O4/c1-2-25-18(23)14-26-16-5-3-15(4-6-16)7-10-22-19(24)17-13-20(17)8-11-21-12-9-20/h3-6,17,21H,2,7-14H2,1H3,(H,22,24). The zero-order valence-electron chi connectivity index (χ0n) is 15.4. The largest absolute Gasteiger partial charge is 0.482 e. The van der Waals surface area contributed by atoms with Crippen molar-refractivity contribution in [3.05, 3.63) is 29.8 Å². The van der Waals surface area contributed by atoms with E-state index in [4.69, 9.17) is 9.47 Å². The fourth-order valence-corrected chi connectivity index (χ4v) is 3.75. The molecule has 2 aliphatic rings. The molecule has 26 heavy (non-hydrogen) atoms. The van der Waals surface area contributed by atoms with E-state index in [2.05, 4.69) is 10.6 Å². The number of amides is 1. The van der Waals surface area contributed by atoms with E-state index in [1.165, 1.54) is 0 Å². The smallest absolute Gasteiger partial charge is 0.344 e. The highest BCUT2D eigenvalue weighted by molar-refractivity contribution is 5.82. The van der Waals surface area contributed by atoms with Crippen LogP contribution in [0.4, 0.5) is 0 Å². The molecule has 3 rings (SSSR count). The van der Waals surface area contributed by atoms with E-state index < -0.39 is 0 Å². The van der Waals surface area contributed by atoms with Gasteiger partial charge in [0.25, 0.3) is 0 Å². The van der Waals surface area contributed by atoms with Crippen molar-refractivity contribution in [1.82, 2.24) is 10.6 Å². The molecular formula is C20H28N2O4. The number of hydrogen-bond acceptors (Lipinski definition) is 5. The Balaban J connectivity index is 1.36. The van der Waals surface area contributed by atoms with E-state index in [1.807, 2.05) is 24.3 Å². The third-order valence-electron chi connectivity index (χ3n) is 5.40. The molecule has 0 bridgehead atoms. The summed E-state index contributed by atoms with van der Waals surface area (Å²) in [5.74, 6) is 0.687. The van der Waals surface area contributed by atoms with Gasteiger partial charge in [-0.25, -0.2) is 4.79 Å². The van der Waals surface area contributed by atoms with Crippen molar-refractivity contribution in [2.45, 2.75) is 32.6 Å². The van der Waals surface area contributed by atoms with Crippen molar-refractivity contribution in [3.8, 4) is 5.75 Å². The molecule has 2 fully saturated rings. The van der Waals surface area contributed by atoms with Gasteiger partial charge in [-0.15, -0.1) is 0 Å². The van der Waals surface area contributed by atoms with Gasteiger partial charge >= 0.3 is 5.97 Å². The first-order valence-corrected chi connectivity index (χ1v) is 9.49. The number of esters is 1. The zero-order chi connectivity index (χ0) is 18.4. The van der Waals surface area contributed by atoms with Crippen molar-refractivity contribution in [2.75, 3.05) is 32.8 Å². The molecule has 142 valence electrons. The minimum Gasteiger partial charge on any atom is -0.482 e. The van der Waals surface area contributed by atoms with Gasteiger partial charge in [0.1, 0.15) is 5.75 Å². The second-order valence-corrected chi connectivity index (χ2v) is 7.15. The minimum absolute atomic E-state index is 0.0814. The van der Waals surface area contributed by atoms with Gasteiger partial charge in [0, 0.05) is 12.5 Å². The highest BCUT2D eigenvalue weighted by Gasteiger charge is 2.57. The third kappa shape index (κ3) is 4.75. The SMILES string of the molecule is CCOC(=O)COc1ccc(CCNC(=O)C2CC23CCNCC3)cc1. The van der Waals surface area contributed by atoms with Gasteiger partial charge < -0.3 is 20.1 Å². The lowest BCUT2D eigenvalue weighted by Gasteiger charge is -2.23. The monoisotopic (exact) mass is 360 g/mol. The highest BCUT2D eigenvalue weighted by Crippen LogP contribution is 2.58. The van der Waals surface area contributed by atoms with E-state index >= 15 is 0 Å². The predicted octanol–water partition coefficient (Wildman–Crippen LogP) is 1.68. The summed E-state index contributed by atoms with van der Waals surface area (Å²) in [6, 6.07) is 7.58. The maximum Gasteiger partial charge on any atom is 0.344 e. The second kappa shape index (κ2) is 8.54. The Hall–Kier alpha value is -2.08. The number of piperidine rings is 1. The fourth-order valence-electron chi connectivity index (χ4n) is 3.75. The zero-order valence-corrected chi connectivity index (χ0v) is 15.4. The van der Waals surface area contributed by atoms with Crippen molar-refractivity contribution in [3.63, 3.8) is 0 Å². The van der Waals surface area contributed by atoms with E-state index in [0.29, 0.717) is 18.9 Å². The van der Waals surface area contributed by atoms with Gasteiger partial charge in [-0.05, 0) is 68.8 Å². The van der Waals surface area contributed by atoms with E-state index in [9.17, 15) is 9.59 Å². The molecule has 1 saturated carbocycles. The molecule has 1 amide bonds. The summed E-state index contributed by atoms with van der Waals surface area (Å²) < 4.78 is 10.2. The van der Waals surface area contributed by atoms with Crippen LogP contribution in [0.15, 0.2) is 24.3 Å². The van der Waals surface area contributed by atoms with Crippen LogP contribution in [0.5, 0.6) is 5.75 Å². The van der Waals surface area contributed by atoms with Crippen LogP contribution in [-0.2, 0) is 20.7 Å². The number of nitrogens with one attached hydrogen (secondary N) is 2. The summed E-state index contributed by atoms with van der Waals surface area (Å²) >= 11 is 0. The Kier molecular flexibility index (Phi) is 6.14. The van der Waals surface area contributed by atoms with Crippen LogP contribution in [0.3, 0.4) is 0 Å². The van der Waals surface area contributed by atoms with Crippen molar-refractivity contribution >= 4 is 11.9 Å². The van der Waals surface area contributed by atoms with Gasteiger partial charge in [-0.3, -0.25) is 4.79 Å². The summed E-state index contributed by atoms with van der Waals surface area (Å²) in [6.45, 7) is 4.75. The Morgan fingerprint density at radius 3 is 2.65 bits per heavy atom. The summed E-state index contributed by atoms with van der Waals surface area (Å²) in [5.41, 5.74) is 1.41. The lowest BCUT2D eigenvalue weighted by Crippen LogP contribution is -2.34. The average Bonchev–Trinajstić information content (AvgIpc) is 3.35. The second-order valence-electron chi connectivity index (χ2n) is 7.15. The third-order valence-corrected chi connectivity index (χ3v) is 5.40. The molecule has 1 atom stereocenters. The summed E-state index contributed by atoms with van der Waals surface area (Å²) in [5, 5.41) is 6.44. The van der Waals surface area contributed by atoms with Crippen LogP contribution in [-0.4, -0.2) is 44.7 Å². The van der Waals surface area contributed by atoms with Gasteiger partial charge in [-0.2, -0.15) is 0 Å². The van der Waals surface area contributed by atoms with Crippen LogP contribution in [0.1, 0.15) is 31.7 Å². The molecule has 0 aromatic heterocycles. The Labute approximate surface area is 154 Å². The molecule has 1 aromatic carbocycles. The lowest BCUT2D eigenvalue weighted by atomic mass is 9.92. The summed E-state index contributed by atoms with van der Waals surface area (Å²) in [7, 11) is 0. The Bertz CT molecular complexity index is 623. The van der Waals surface area contributed by atoms with Gasteiger partial charge in [-0.1, -0.05) is 12.1 Å². The van der Waals surface area contributed by atoms with Crippen LogP contribution in [0.2, 0.25) is 0 Å². The molecule has 1 aliphatic carbocycles. The van der Waals surface area contributed by atoms with Crippen LogP contribution < -0.4 is 15.4 Å². The molecule has 6 heteroatoms. The molecule has 6 nitrogen and oxygen atoms in total. The molecule has 1 heterocycles. The molecule has 1 aliphatic heterocycles. The van der Waals surface area contributed by atoms with E-state index in [-0.39, 0.29) is 29.8 Å². The van der Waals surface area contributed by atoms with Crippen molar-refractivity contribution in [2.24, 2.45) is 11.3 Å². The highest BCUT2D eigenvalue weighted by atomic mass is 16.6. The molecular weight excluding hydrogens is 332 g/mol. The number of rotatable bonds is 8. The van der Waals surface area contributed by atoms with Crippen molar-refractivity contribution < 1.29 is 19.1 Å². The lowest BCUT2D eigenvalue weighted by molar-refractivity contribution is -0.145. The molecule has 1 aromatic rings. The van der Waals surface area contributed by atoms with Crippen LogP contribution in [0, 0.1) is 11.3 Å². The fraction of sp³-hybridized carbons (Fsp3) is 0.600. The van der Waals surface area contributed by atoms with Gasteiger partial charge in [0.05, 0.1) is 6.61 Å². The number of carbonyl (C=O) groups excluding carboxylic acids is 2. The average molecular weight is 360 g/mol. The molecule has 1 saturated heterocycles. The first-order valence-electron chi connectivity index (χ1n) is 9.49. The topological polar surface area (TPSA) is 76.7 Å². The predicted molar refractivity (Wildman–Crippen MR) is 97.9 cm³/mol. The van der Waals surface area contributed by atoms with Gasteiger partial charge in [0.2, 0.25) is 5.91 Å². The molecule has 0 radical (unpaired) electrons. The van der Waals surface area contributed by atoms with Crippen LogP contribution in [0.25, 0.3) is 0 Å². The summed E-state index contributed by atoms with van der Waals surface area (Å²) in [6.07, 6.45) is 4.08. The first-order chi connectivity index (χ1) is 12.6. The number of hydrogen-bond donors (Lipinski definition) is 2. The first kappa shape index (κ1) is 18.7. The molecule has 2 N–H and O–H groups in total. The van der Waals surface area contributed by atoms with Crippen LogP contribution >= 0.6 is 0 Å².